The van der Waals surface area contributed by atoms with Crippen molar-refractivity contribution in [3.8, 4) is 17.0 Å². The largest absolute Gasteiger partial charge is 0.497 e. The Labute approximate surface area is 164 Å². The van der Waals surface area contributed by atoms with Crippen molar-refractivity contribution >= 4 is 29.4 Å². The molecule has 0 unspecified atom stereocenters. The molecule has 0 fully saturated rings. The van der Waals surface area contributed by atoms with Crippen molar-refractivity contribution in [1.82, 2.24) is 15.6 Å². The summed E-state index contributed by atoms with van der Waals surface area (Å²) in [5.41, 5.74) is 4.12. The molecule has 0 aliphatic carbocycles. The van der Waals surface area contributed by atoms with Gasteiger partial charge in [0.05, 0.1) is 23.9 Å². The van der Waals surface area contributed by atoms with E-state index in [-0.39, 0.29) is 16.4 Å². The summed E-state index contributed by atoms with van der Waals surface area (Å²) >= 11 is 5.75. The molecule has 0 bridgehead atoms. The molecule has 1 amide bonds. The van der Waals surface area contributed by atoms with Crippen LogP contribution >= 0.6 is 11.6 Å². The van der Waals surface area contributed by atoms with Crippen LogP contribution in [0.4, 0.5) is 5.69 Å². The van der Waals surface area contributed by atoms with Crippen molar-refractivity contribution in [2.45, 2.75) is 0 Å². The van der Waals surface area contributed by atoms with Gasteiger partial charge in [0, 0.05) is 17.2 Å². The average molecular weight is 400 g/mol. The summed E-state index contributed by atoms with van der Waals surface area (Å²) in [4.78, 5) is 22.5. The maximum Gasteiger partial charge on any atom is 0.289 e. The number of nitrogens with zero attached hydrogens (tertiary/aromatic N) is 3. The summed E-state index contributed by atoms with van der Waals surface area (Å²) in [6, 6.07) is 13.0. The molecule has 0 saturated heterocycles. The van der Waals surface area contributed by atoms with E-state index in [1.54, 1.807) is 31.4 Å². The van der Waals surface area contributed by atoms with Crippen LogP contribution in [0.2, 0.25) is 5.02 Å². The second-order valence-electron chi connectivity index (χ2n) is 5.56. The second-order valence-corrected chi connectivity index (χ2v) is 5.97. The van der Waals surface area contributed by atoms with E-state index in [0.717, 1.165) is 5.56 Å². The van der Waals surface area contributed by atoms with Gasteiger partial charge in [0.25, 0.3) is 11.6 Å². The van der Waals surface area contributed by atoms with Gasteiger partial charge in [-0.15, -0.1) is 0 Å². The van der Waals surface area contributed by atoms with Gasteiger partial charge >= 0.3 is 0 Å². The number of aromatic nitrogens is 2. The van der Waals surface area contributed by atoms with Crippen molar-refractivity contribution < 1.29 is 14.5 Å². The minimum Gasteiger partial charge on any atom is -0.497 e. The standard InChI is InChI=1S/C18H14ClN5O4/c1-28-13-5-3-12(4-6-13)15-9-16(22-21-15)18(25)23-20-10-11-2-7-14(19)17(8-11)24(26)27/h2-10H,1H3,(H,21,22)(H,23,25)/b20-10-. The van der Waals surface area contributed by atoms with Gasteiger partial charge in [-0.05, 0) is 36.4 Å². The SMILES string of the molecule is COc1ccc(-c2cc(C(=O)N/N=C\c3ccc(Cl)c([N+](=O)[O-])c3)[nH]n2)cc1. The number of amides is 1. The molecule has 1 heterocycles. The van der Waals surface area contributed by atoms with Crippen LogP contribution in [0.15, 0.2) is 53.6 Å². The number of carbonyl (C=O) groups is 1. The number of hydrogen-bond donors (Lipinski definition) is 2. The second kappa shape index (κ2) is 8.31. The molecule has 0 radical (unpaired) electrons. The van der Waals surface area contributed by atoms with E-state index in [9.17, 15) is 14.9 Å². The number of hydrogen-bond acceptors (Lipinski definition) is 6. The first-order chi connectivity index (χ1) is 13.5. The number of carbonyl (C=O) groups excluding carboxylic acids is 1. The molecule has 1 aromatic heterocycles. The van der Waals surface area contributed by atoms with E-state index in [2.05, 4.69) is 20.7 Å². The number of nitro benzene ring substituents is 1. The number of aromatic amines is 1. The van der Waals surface area contributed by atoms with E-state index in [1.807, 2.05) is 12.1 Å². The Morgan fingerprint density at radius 3 is 2.71 bits per heavy atom. The normalized spacial score (nSPS) is 10.8. The number of rotatable bonds is 6. The fourth-order valence-corrected chi connectivity index (χ4v) is 2.51. The Hall–Kier alpha value is -3.72. The summed E-state index contributed by atoms with van der Waals surface area (Å²) in [7, 11) is 1.58. The van der Waals surface area contributed by atoms with E-state index in [0.29, 0.717) is 17.0 Å². The van der Waals surface area contributed by atoms with Gasteiger partial charge in [0.2, 0.25) is 0 Å². The predicted octanol–water partition coefficient (Wildman–Crippen LogP) is 3.41. The molecule has 10 heteroatoms. The number of H-pyrrole nitrogens is 1. The average Bonchev–Trinajstić information content (AvgIpc) is 3.19. The monoisotopic (exact) mass is 399 g/mol. The van der Waals surface area contributed by atoms with Gasteiger partial charge in [0.1, 0.15) is 16.5 Å². The van der Waals surface area contributed by atoms with Crippen molar-refractivity contribution in [3.63, 3.8) is 0 Å². The summed E-state index contributed by atoms with van der Waals surface area (Å²) in [5.74, 6) is 0.209. The molecule has 3 rings (SSSR count). The Bertz CT molecular complexity index is 1050. The van der Waals surface area contributed by atoms with Crippen LogP contribution in [0, 0.1) is 10.1 Å². The Balaban J connectivity index is 1.67. The number of benzene rings is 2. The topological polar surface area (TPSA) is 123 Å². The molecule has 0 atom stereocenters. The zero-order valence-electron chi connectivity index (χ0n) is 14.5. The molecular weight excluding hydrogens is 386 g/mol. The Kier molecular flexibility index (Phi) is 5.66. The number of halogens is 1. The molecule has 28 heavy (non-hydrogen) atoms. The molecule has 2 aromatic carbocycles. The lowest BCUT2D eigenvalue weighted by molar-refractivity contribution is -0.384. The van der Waals surface area contributed by atoms with Crippen LogP contribution in [-0.2, 0) is 0 Å². The summed E-state index contributed by atoms with van der Waals surface area (Å²) in [6.07, 6.45) is 1.28. The van der Waals surface area contributed by atoms with Crippen LogP contribution in [0.25, 0.3) is 11.3 Å². The van der Waals surface area contributed by atoms with Crippen molar-refractivity contribution in [2.75, 3.05) is 7.11 Å². The third-order valence-electron chi connectivity index (χ3n) is 3.75. The molecule has 142 valence electrons. The highest BCUT2D eigenvalue weighted by molar-refractivity contribution is 6.32. The van der Waals surface area contributed by atoms with E-state index >= 15 is 0 Å². The number of methoxy groups -OCH3 is 1. The summed E-state index contributed by atoms with van der Waals surface area (Å²) < 4.78 is 5.10. The molecule has 2 N–H and O–H groups in total. The minimum atomic E-state index is -0.594. The van der Waals surface area contributed by atoms with E-state index < -0.39 is 10.8 Å². The highest BCUT2D eigenvalue weighted by Crippen LogP contribution is 2.24. The maximum absolute atomic E-state index is 12.2. The van der Waals surface area contributed by atoms with Gasteiger partial charge in [-0.2, -0.15) is 10.2 Å². The van der Waals surface area contributed by atoms with Gasteiger partial charge < -0.3 is 4.74 Å². The zero-order chi connectivity index (χ0) is 20.1. The van der Waals surface area contributed by atoms with Crippen molar-refractivity contribution in [2.24, 2.45) is 5.10 Å². The first-order valence-electron chi connectivity index (χ1n) is 7.95. The van der Waals surface area contributed by atoms with Gasteiger partial charge in [0.15, 0.2) is 0 Å². The first kappa shape index (κ1) is 19.1. The minimum absolute atomic E-state index is 0.0229. The molecule has 0 saturated carbocycles. The maximum atomic E-state index is 12.2. The third kappa shape index (κ3) is 4.33. The molecule has 0 aliphatic rings. The number of ether oxygens (including phenoxy) is 1. The van der Waals surface area contributed by atoms with Crippen LogP contribution in [-0.4, -0.2) is 34.4 Å². The number of hydrazone groups is 1. The molecule has 0 aliphatic heterocycles. The molecule has 9 nitrogen and oxygen atoms in total. The predicted molar refractivity (Wildman–Crippen MR) is 104 cm³/mol. The van der Waals surface area contributed by atoms with Crippen LogP contribution in [0.1, 0.15) is 16.1 Å². The van der Waals surface area contributed by atoms with Gasteiger partial charge in [-0.1, -0.05) is 17.7 Å². The van der Waals surface area contributed by atoms with Crippen LogP contribution in [0.3, 0.4) is 0 Å². The summed E-state index contributed by atoms with van der Waals surface area (Å²) in [6.45, 7) is 0. The quantitative estimate of drug-likeness (QED) is 0.373. The molecular formula is C18H14ClN5O4. The Morgan fingerprint density at radius 1 is 1.29 bits per heavy atom. The zero-order valence-corrected chi connectivity index (χ0v) is 15.3. The summed E-state index contributed by atoms with van der Waals surface area (Å²) in [5, 5.41) is 21.4. The lowest BCUT2D eigenvalue weighted by atomic mass is 10.1. The van der Waals surface area contributed by atoms with Gasteiger partial charge in [-0.25, -0.2) is 5.43 Å². The highest BCUT2D eigenvalue weighted by atomic mass is 35.5. The van der Waals surface area contributed by atoms with Gasteiger partial charge in [-0.3, -0.25) is 20.0 Å². The fourth-order valence-electron chi connectivity index (χ4n) is 2.32. The third-order valence-corrected chi connectivity index (χ3v) is 4.07. The van der Waals surface area contributed by atoms with Crippen LogP contribution in [0.5, 0.6) is 5.75 Å². The van der Waals surface area contributed by atoms with Crippen molar-refractivity contribution in [3.05, 3.63) is 74.9 Å². The lowest BCUT2D eigenvalue weighted by Gasteiger charge is -2.00. The van der Waals surface area contributed by atoms with Crippen molar-refractivity contribution in [1.29, 1.82) is 0 Å². The Morgan fingerprint density at radius 2 is 2.04 bits per heavy atom. The molecule has 0 spiro atoms. The smallest absolute Gasteiger partial charge is 0.289 e. The first-order valence-corrected chi connectivity index (χ1v) is 8.33. The van der Waals surface area contributed by atoms with Crippen LogP contribution < -0.4 is 10.2 Å². The van der Waals surface area contributed by atoms with E-state index in [1.165, 1.54) is 18.3 Å². The highest BCUT2D eigenvalue weighted by Gasteiger charge is 2.13. The number of nitrogens with one attached hydrogen (secondary N) is 2. The number of nitro groups is 1. The molecule has 3 aromatic rings. The lowest BCUT2D eigenvalue weighted by Crippen LogP contribution is -2.18. The fraction of sp³-hybridized carbons (Fsp3) is 0.0556. The van der Waals surface area contributed by atoms with E-state index in [4.69, 9.17) is 16.3 Å².